The summed E-state index contributed by atoms with van der Waals surface area (Å²) in [6.45, 7) is 0.703. The highest BCUT2D eigenvalue weighted by Crippen LogP contribution is 2.45. The van der Waals surface area contributed by atoms with Crippen LogP contribution in [-0.2, 0) is 31.5 Å². The number of hydrogen-bond donors (Lipinski definition) is 1. The number of ether oxygens (including phenoxy) is 4. The van der Waals surface area contributed by atoms with Gasteiger partial charge in [0.2, 0.25) is 0 Å². The molecule has 6 rings (SSSR count). The molecular weight excluding hydrogens is 713 g/mol. The number of anilines is 2. The molecule has 0 saturated heterocycles. The minimum atomic E-state index is -3.41. The maximum absolute atomic E-state index is 13.6. The Bertz CT molecular complexity index is 2060. The molecule has 49 heavy (non-hydrogen) atoms. The first-order chi connectivity index (χ1) is 23.8. The molecule has 1 N–H and O–H groups in total. The molecule has 0 bridgehead atoms. The van der Waals surface area contributed by atoms with Crippen molar-refractivity contribution in [3.05, 3.63) is 125 Å². The molecule has 0 amide bonds. The van der Waals surface area contributed by atoms with Crippen molar-refractivity contribution in [2.45, 2.75) is 36.4 Å². The van der Waals surface area contributed by atoms with Gasteiger partial charge in [-0.3, -0.25) is 0 Å². The standard InChI is InChI=1S/C37H35BrFN3O6S/c1-45-35-23-33-30(36(41-25-40-33)42-28-12-13-34(32(38)21-28)47-24-26-8-5-9-27(39)20-26)22-31(35)37(15-7-17-48-37)14-6-16-46-18-19-49(43,44)29-10-3-2-4-11-29/h2-5,7-13,17,20-23,25H,6,14-16,18-19,24H2,1H3,(H,40,41,42). The van der Waals surface area contributed by atoms with E-state index in [0.29, 0.717) is 53.6 Å². The van der Waals surface area contributed by atoms with Crippen molar-refractivity contribution in [3.63, 3.8) is 0 Å². The fraction of sp³-hybridized carbons (Fsp3) is 0.243. The van der Waals surface area contributed by atoms with Crippen LogP contribution in [0.2, 0.25) is 0 Å². The largest absolute Gasteiger partial charge is 0.496 e. The van der Waals surface area contributed by atoms with E-state index in [4.69, 9.17) is 18.9 Å². The second-order valence-corrected chi connectivity index (χ2v) is 14.5. The van der Waals surface area contributed by atoms with Crippen molar-refractivity contribution in [2.75, 3.05) is 31.4 Å². The van der Waals surface area contributed by atoms with Crippen molar-refractivity contribution in [1.82, 2.24) is 9.97 Å². The number of nitrogens with one attached hydrogen (secondary N) is 1. The van der Waals surface area contributed by atoms with E-state index in [0.717, 1.165) is 26.7 Å². The van der Waals surface area contributed by atoms with Gasteiger partial charge in [0.15, 0.2) is 9.84 Å². The minimum absolute atomic E-state index is 0.0876. The number of aromatic nitrogens is 2. The van der Waals surface area contributed by atoms with Gasteiger partial charge in [0.1, 0.15) is 41.7 Å². The zero-order chi connectivity index (χ0) is 34.3. The number of halogens is 2. The lowest BCUT2D eigenvalue weighted by atomic mass is 9.85. The summed E-state index contributed by atoms with van der Waals surface area (Å²) in [7, 11) is -1.79. The molecule has 1 aliphatic rings. The number of fused-ring (bicyclic) bond motifs is 1. The lowest BCUT2D eigenvalue weighted by Crippen LogP contribution is -2.26. The van der Waals surface area contributed by atoms with Crippen LogP contribution in [0.1, 0.15) is 30.4 Å². The Balaban J connectivity index is 1.15. The predicted octanol–water partition coefficient (Wildman–Crippen LogP) is 8.26. The first kappa shape index (κ1) is 34.3. The van der Waals surface area contributed by atoms with Crippen LogP contribution in [0.5, 0.6) is 11.5 Å². The zero-order valence-corrected chi connectivity index (χ0v) is 29.2. The molecule has 0 saturated carbocycles. The first-order valence-electron chi connectivity index (χ1n) is 15.7. The maximum Gasteiger partial charge on any atom is 0.180 e. The Labute approximate surface area is 293 Å². The highest BCUT2D eigenvalue weighted by Gasteiger charge is 2.38. The van der Waals surface area contributed by atoms with E-state index in [9.17, 15) is 12.8 Å². The number of benzene rings is 4. The summed E-state index contributed by atoms with van der Waals surface area (Å²) in [5, 5.41) is 4.18. The smallest absolute Gasteiger partial charge is 0.180 e. The van der Waals surface area contributed by atoms with Crippen LogP contribution in [0.3, 0.4) is 0 Å². The Morgan fingerprint density at radius 2 is 1.84 bits per heavy atom. The van der Waals surface area contributed by atoms with Crippen LogP contribution in [0.4, 0.5) is 15.9 Å². The van der Waals surface area contributed by atoms with Gasteiger partial charge in [-0.2, -0.15) is 0 Å². The van der Waals surface area contributed by atoms with Gasteiger partial charge in [0.05, 0.1) is 40.6 Å². The Morgan fingerprint density at radius 3 is 2.59 bits per heavy atom. The lowest BCUT2D eigenvalue weighted by Gasteiger charge is -2.31. The van der Waals surface area contributed by atoms with Gasteiger partial charge < -0.3 is 24.3 Å². The van der Waals surface area contributed by atoms with Crippen molar-refractivity contribution in [3.8, 4) is 11.5 Å². The number of nitrogens with zero attached hydrogens (tertiary/aromatic N) is 2. The van der Waals surface area contributed by atoms with Crippen LogP contribution >= 0.6 is 15.9 Å². The third kappa shape index (κ3) is 8.21. The fourth-order valence-corrected chi connectivity index (χ4v) is 7.38. The Morgan fingerprint density at radius 1 is 0.980 bits per heavy atom. The van der Waals surface area contributed by atoms with E-state index in [1.165, 1.54) is 18.5 Å². The fourth-order valence-electron chi connectivity index (χ4n) is 5.74. The van der Waals surface area contributed by atoms with Crippen molar-refractivity contribution in [1.29, 1.82) is 0 Å². The second kappa shape index (κ2) is 15.4. The number of methoxy groups -OCH3 is 1. The molecule has 0 aliphatic carbocycles. The molecule has 5 aromatic rings. The Kier molecular flexibility index (Phi) is 10.8. The summed E-state index contributed by atoms with van der Waals surface area (Å²) in [6.07, 6.45) is 7.03. The van der Waals surface area contributed by atoms with Gasteiger partial charge >= 0.3 is 0 Å². The molecule has 1 aliphatic heterocycles. The summed E-state index contributed by atoms with van der Waals surface area (Å²) in [6, 6.07) is 24.2. The number of sulfone groups is 1. The van der Waals surface area contributed by atoms with Crippen LogP contribution < -0.4 is 14.8 Å². The van der Waals surface area contributed by atoms with E-state index in [2.05, 4.69) is 31.2 Å². The van der Waals surface area contributed by atoms with Gasteiger partial charge in [0.25, 0.3) is 0 Å². The van der Waals surface area contributed by atoms with Crippen molar-refractivity contribution >= 4 is 48.2 Å². The van der Waals surface area contributed by atoms with Gasteiger partial charge in [0, 0.05) is 35.7 Å². The molecular formula is C37H35BrFN3O6S. The van der Waals surface area contributed by atoms with Crippen LogP contribution in [-0.4, -0.2) is 44.5 Å². The minimum Gasteiger partial charge on any atom is -0.496 e. The summed E-state index contributed by atoms with van der Waals surface area (Å²) >= 11 is 3.59. The van der Waals surface area contributed by atoms with Crippen molar-refractivity contribution in [2.24, 2.45) is 0 Å². The first-order valence-corrected chi connectivity index (χ1v) is 18.2. The van der Waals surface area contributed by atoms with E-state index >= 15 is 0 Å². The average molecular weight is 749 g/mol. The molecule has 2 heterocycles. The van der Waals surface area contributed by atoms with E-state index < -0.39 is 15.4 Å². The van der Waals surface area contributed by atoms with Crippen molar-refractivity contribution < 1.29 is 31.8 Å². The molecule has 0 fully saturated rings. The monoisotopic (exact) mass is 747 g/mol. The van der Waals surface area contributed by atoms with E-state index in [-0.39, 0.29) is 24.8 Å². The summed E-state index contributed by atoms with van der Waals surface area (Å²) < 4.78 is 63.3. The number of hydrogen-bond acceptors (Lipinski definition) is 9. The molecule has 254 valence electrons. The summed E-state index contributed by atoms with van der Waals surface area (Å²) in [4.78, 5) is 9.34. The molecule has 1 aromatic heterocycles. The molecule has 4 aromatic carbocycles. The maximum atomic E-state index is 13.6. The van der Waals surface area contributed by atoms with Crippen LogP contribution in [0.25, 0.3) is 10.9 Å². The summed E-state index contributed by atoms with van der Waals surface area (Å²) in [5.74, 6) is 1.45. The predicted molar refractivity (Wildman–Crippen MR) is 189 cm³/mol. The molecule has 0 spiro atoms. The third-order valence-electron chi connectivity index (χ3n) is 8.23. The molecule has 12 heteroatoms. The van der Waals surface area contributed by atoms with E-state index in [1.54, 1.807) is 49.8 Å². The van der Waals surface area contributed by atoms with E-state index in [1.807, 2.05) is 42.5 Å². The second-order valence-electron chi connectivity index (χ2n) is 11.5. The van der Waals surface area contributed by atoms with Gasteiger partial charge in [-0.25, -0.2) is 22.8 Å². The Hall–Kier alpha value is -4.52. The van der Waals surface area contributed by atoms with Gasteiger partial charge in [-0.15, -0.1) is 0 Å². The molecule has 1 unspecified atom stereocenters. The molecule has 0 radical (unpaired) electrons. The summed E-state index contributed by atoms with van der Waals surface area (Å²) in [5.41, 5.74) is 2.32. The topological polar surface area (TPSA) is 109 Å². The SMILES string of the molecule is COc1cc2ncnc(Nc3ccc(OCc4cccc(F)c4)c(Br)c3)c2cc1C1(CCCOCCS(=O)(=O)c2ccccc2)CC=CO1. The zero-order valence-electron chi connectivity index (χ0n) is 26.8. The lowest BCUT2D eigenvalue weighted by molar-refractivity contribution is 0.0191. The normalized spacial score (nSPS) is 15.7. The quantitative estimate of drug-likeness (QED) is 0.106. The van der Waals surface area contributed by atoms with Gasteiger partial charge in [-0.1, -0.05) is 30.3 Å². The number of rotatable bonds is 15. The highest BCUT2D eigenvalue weighted by molar-refractivity contribution is 9.10. The third-order valence-corrected chi connectivity index (χ3v) is 10.5. The average Bonchev–Trinajstić information content (AvgIpc) is 3.59. The molecule has 9 nitrogen and oxygen atoms in total. The highest BCUT2D eigenvalue weighted by atomic mass is 79.9. The molecule has 1 atom stereocenters. The van der Waals surface area contributed by atoms with Crippen LogP contribution in [0, 0.1) is 5.82 Å². The van der Waals surface area contributed by atoms with Crippen LogP contribution in [0.15, 0.2) is 113 Å². The van der Waals surface area contributed by atoms with Gasteiger partial charge in [-0.05, 0) is 88.9 Å².